The largest absolute Gasteiger partial charge is 0.398 e. The first kappa shape index (κ1) is 11.1. The van der Waals surface area contributed by atoms with E-state index in [4.69, 9.17) is 5.73 Å². The normalized spacial score (nSPS) is 10.6. The molecule has 2 rings (SSSR count). The lowest BCUT2D eigenvalue weighted by Crippen LogP contribution is -2.12. The molecule has 1 aromatic carbocycles. The molecule has 0 aliphatic heterocycles. The zero-order valence-corrected chi connectivity index (χ0v) is 10.1. The number of rotatable bonds is 4. The first-order chi connectivity index (χ1) is 7.75. The Morgan fingerprint density at radius 1 is 1.31 bits per heavy atom. The van der Waals surface area contributed by atoms with E-state index >= 15 is 0 Å². The van der Waals surface area contributed by atoms with Gasteiger partial charge >= 0.3 is 0 Å². The molecule has 0 saturated carbocycles. The van der Waals surface area contributed by atoms with Crippen molar-refractivity contribution in [3.05, 3.63) is 45.9 Å². The Bertz CT molecular complexity index is 465. The molecular weight excluding hydrogens is 218 g/mol. The molecule has 0 amide bonds. The highest BCUT2D eigenvalue weighted by molar-refractivity contribution is 7.11. The molecule has 3 N–H and O–H groups in total. The second-order valence-corrected chi connectivity index (χ2v) is 4.97. The summed E-state index contributed by atoms with van der Waals surface area (Å²) in [7, 11) is 0. The lowest BCUT2D eigenvalue weighted by atomic mass is 10.2. The van der Waals surface area contributed by atoms with Crippen molar-refractivity contribution in [1.29, 1.82) is 0 Å². The van der Waals surface area contributed by atoms with Crippen molar-refractivity contribution in [3.8, 4) is 0 Å². The molecule has 0 aliphatic carbocycles. The molecule has 0 saturated heterocycles. The number of nitrogens with zero attached hydrogens (tertiary/aromatic N) is 1. The molecule has 3 nitrogen and oxygen atoms in total. The highest BCUT2D eigenvalue weighted by Gasteiger charge is 1.99. The van der Waals surface area contributed by atoms with Crippen LogP contribution in [0.1, 0.15) is 15.4 Å². The molecule has 0 spiro atoms. The third-order valence-corrected chi connectivity index (χ3v) is 3.25. The summed E-state index contributed by atoms with van der Waals surface area (Å²) in [6.07, 6.45) is 1.92. The van der Waals surface area contributed by atoms with Crippen LogP contribution in [0.5, 0.6) is 0 Å². The van der Waals surface area contributed by atoms with Gasteiger partial charge < -0.3 is 11.1 Å². The van der Waals surface area contributed by atoms with Crippen LogP contribution in [-0.4, -0.2) is 4.98 Å². The molecule has 0 fully saturated rings. The third-order valence-electron chi connectivity index (χ3n) is 2.34. The first-order valence-corrected chi connectivity index (χ1v) is 6.03. The molecule has 1 aromatic heterocycles. The van der Waals surface area contributed by atoms with Crippen molar-refractivity contribution >= 4 is 17.0 Å². The number of nitrogens with one attached hydrogen (secondary N) is 1. The number of para-hydroxylation sites is 1. The van der Waals surface area contributed by atoms with Crippen LogP contribution in [-0.2, 0) is 13.1 Å². The van der Waals surface area contributed by atoms with Gasteiger partial charge in [0.25, 0.3) is 0 Å². The maximum Gasteiger partial charge on any atom is 0.0897 e. The maximum absolute atomic E-state index is 5.85. The number of anilines is 1. The predicted octanol–water partition coefficient (Wildman–Crippen LogP) is 2.32. The second kappa shape index (κ2) is 5.09. The van der Waals surface area contributed by atoms with Gasteiger partial charge in [-0.05, 0) is 18.6 Å². The van der Waals surface area contributed by atoms with E-state index in [9.17, 15) is 0 Å². The number of hydrogen-bond acceptors (Lipinski definition) is 4. The monoisotopic (exact) mass is 233 g/mol. The van der Waals surface area contributed by atoms with Crippen LogP contribution in [0, 0.1) is 6.92 Å². The zero-order valence-electron chi connectivity index (χ0n) is 9.23. The van der Waals surface area contributed by atoms with E-state index in [0.717, 1.165) is 29.3 Å². The lowest BCUT2D eigenvalue weighted by molar-refractivity contribution is 0.701. The minimum atomic E-state index is 0.795. The Kier molecular flexibility index (Phi) is 3.54. The van der Waals surface area contributed by atoms with E-state index in [1.54, 1.807) is 11.3 Å². The number of nitrogens with two attached hydrogens (primary N) is 1. The fourth-order valence-electron chi connectivity index (χ4n) is 1.50. The Hall–Kier alpha value is -1.39. The SMILES string of the molecule is Cc1ncc(CNCc2ccccc2N)s1. The molecule has 0 aliphatic rings. The van der Waals surface area contributed by atoms with Gasteiger partial charge in [-0.25, -0.2) is 4.98 Å². The zero-order chi connectivity index (χ0) is 11.4. The third kappa shape index (κ3) is 2.81. The molecule has 84 valence electrons. The number of aromatic nitrogens is 1. The van der Waals surface area contributed by atoms with Crippen molar-refractivity contribution in [2.75, 3.05) is 5.73 Å². The number of aryl methyl sites for hydroxylation is 1. The van der Waals surface area contributed by atoms with E-state index in [2.05, 4.69) is 10.3 Å². The number of nitrogen functional groups attached to an aromatic ring is 1. The average Bonchev–Trinajstić information content (AvgIpc) is 2.67. The Labute approximate surface area is 99.3 Å². The number of thiazole rings is 1. The number of benzene rings is 1. The van der Waals surface area contributed by atoms with E-state index in [-0.39, 0.29) is 0 Å². The van der Waals surface area contributed by atoms with E-state index in [1.165, 1.54) is 4.88 Å². The Morgan fingerprint density at radius 3 is 2.81 bits per heavy atom. The molecule has 0 atom stereocenters. The topological polar surface area (TPSA) is 50.9 Å². The van der Waals surface area contributed by atoms with Crippen LogP contribution in [0.2, 0.25) is 0 Å². The smallest absolute Gasteiger partial charge is 0.0897 e. The molecular formula is C12H15N3S. The molecule has 0 unspecified atom stereocenters. The van der Waals surface area contributed by atoms with Crippen LogP contribution in [0.3, 0.4) is 0 Å². The quantitative estimate of drug-likeness (QED) is 0.797. The van der Waals surface area contributed by atoms with Gasteiger partial charge in [0, 0.05) is 29.9 Å². The summed E-state index contributed by atoms with van der Waals surface area (Å²) in [6.45, 7) is 3.66. The van der Waals surface area contributed by atoms with Crippen molar-refractivity contribution in [3.63, 3.8) is 0 Å². The highest BCUT2D eigenvalue weighted by Crippen LogP contribution is 2.13. The highest BCUT2D eigenvalue weighted by atomic mass is 32.1. The first-order valence-electron chi connectivity index (χ1n) is 5.21. The fraction of sp³-hybridized carbons (Fsp3) is 0.250. The molecule has 0 radical (unpaired) electrons. The van der Waals surface area contributed by atoms with Gasteiger partial charge in [0.2, 0.25) is 0 Å². The van der Waals surface area contributed by atoms with Crippen LogP contribution < -0.4 is 11.1 Å². The summed E-state index contributed by atoms with van der Waals surface area (Å²) in [5.41, 5.74) is 7.84. The predicted molar refractivity (Wildman–Crippen MR) is 68.2 cm³/mol. The van der Waals surface area contributed by atoms with E-state index < -0.39 is 0 Å². The van der Waals surface area contributed by atoms with Gasteiger partial charge in [-0.1, -0.05) is 18.2 Å². The average molecular weight is 233 g/mol. The van der Waals surface area contributed by atoms with Crippen molar-refractivity contribution in [1.82, 2.24) is 10.3 Å². The summed E-state index contributed by atoms with van der Waals surface area (Å²) in [5.74, 6) is 0. The van der Waals surface area contributed by atoms with Gasteiger partial charge in [0.1, 0.15) is 0 Å². The fourth-order valence-corrected chi connectivity index (χ4v) is 2.27. The molecule has 2 aromatic rings. The van der Waals surface area contributed by atoms with E-state index in [1.807, 2.05) is 37.4 Å². The minimum absolute atomic E-state index is 0.795. The van der Waals surface area contributed by atoms with Crippen molar-refractivity contribution < 1.29 is 0 Å². The molecule has 0 bridgehead atoms. The second-order valence-electron chi connectivity index (χ2n) is 3.65. The summed E-state index contributed by atoms with van der Waals surface area (Å²) in [6, 6.07) is 7.92. The molecule has 1 heterocycles. The number of hydrogen-bond donors (Lipinski definition) is 2. The Morgan fingerprint density at radius 2 is 2.12 bits per heavy atom. The standard InChI is InChI=1S/C12H15N3S/c1-9-15-8-11(16-9)7-14-6-10-4-2-3-5-12(10)13/h2-5,8,14H,6-7,13H2,1H3. The van der Waals surface area contributed by atoms with Crippen LogP contribution in [0.4, 0.5) is 5.69 Å². The van der Waals surface area contributed by atoms with Crippen molar-refractivity contribution in [2.45, 2.75) is 20.0 Å². The van der Waals surface area contributed by atoms with Crippen LogP contribution in [0.25, 0.3) is 0 Å². The van der Waals surface area contributed by atoms with Crippen LogP contribution >= 0.6 is 11.3 Å². The van der Waals surface area contributed by atoms with Gasteiger partial charge in [-0.2, -0.15) is 0 Å². The molecule has 16 heavy (non-hydrogen) atoms. The van der Waals surface area contributed by atoms with Gasteiger partial charge in [-0.3, -0.25) is 0 Å². The van der Waals surface area contributed by atoms with Gasteiger partial charge in [0.15, 0.2) is 0 Å². The van der Waals surface area contributed by atoms with Crippen LogP contribution in [0.15, 0.2) is 30.5 Å². The lowest BCUT2D eigenvalue weighted by Gasteiger charge is -2.05. The van der Waals surface area contributed by atoms with Gasteiger partial charge in [-0.15, -0.1) is 11.3 Å². The van der Waals surface area contributed by atoms with E-state index in [0.29, 0.717) is 0 Å². The summed E-state index contributed by atoms with van der Waals surface area (Å²) >= 11 is 1.72. The van der Waals surface area contributed by atoms with Gasteiger partial charge in [0.05, 0.1) is 5.01 Å². The Balaban J connectivity index is 1.87. The summed E-state index contributed by atoms with van der Waals surface area (Å²) < 4.78 is 0. The van der Waals surface area contributed by atoms with Crippen molar-refractivity contribution in [2.24, 2.45) is 0 Å². The maximum atomic E-state index is 5.85. The summed E-state index contributed by atoms with van der Waals surface area (Å²) in [5, 5.41) is 4.47. The molecule has 4 heteroatoms. The minimum Gasteiger partial charge on any atom is -0.398 e. The summed E-state index contributed by atoms with van der Waals surface area (Å²) in [4.78, 5) is 5.47.